The number of carbonyl (C=O) groups is 5. The second-order valence-corrected chi connectivity index (χ2v) is 17.6. The maximum absolute atomic E-state index is 14.4. The first kappa shape index (κ1) is 38.4. The molecule has 0 radical (unpaired) electrons. The van der Waals surface area contributed by atoms with Crippen LogP contribution in [0.5, 0.6) is 0 Å². The highest BCUT2D eigenvalue weighted by atomic mass is 32.2. The third-order valence-electron chi connectivity index (χ3n) is 9.63. The lowest BCUT2D eigenvalue weighted by atomic mass is 9.75. The van der Waals surface area contributed by atoms with Crippen molar-refractivity contribution in [3.8, 4) is 0 Å². The molecule has 3 unspecified atom stereocenters. The zero-order chi connectivity index (χ0) is 35.3. The van der Waals surface area contributed by atoms with E-state index in [2.05, 4.69) is 36.7 Å². The van der Waals surface area contributed by atoms with Gasteiger partial charge in [-0.25, -0.2) is 4.79 Å². The zero-order valence-corrected chi connectivity index (χ0v) is 30.6. The molecule has 0 aromatic heterocycles. The Hall–Kier alpha value is -3.08. The molecule has 5 atom stereocenters. The maximum atomic E-state index is 14.4. The lowest BCUT2D eigenvalue weighted by Crippen LogP contribution is -2.62. The zero-order valence-electron chi connectivity index (χ0n) is 29.8. The van der Waals surface area contributed by atoms with Crippen LogP contribution in [-0.4, -0.2) is 70.9 Å². The Morgan fingerprint density at radius 1 is 0.872 bits per heavy atom. The van der Waals surface area contributed by atoms with E-state index in [1.54, 1.807) is 16.7 Å². The van der Waals surface area contributed by atoms with Crippen LogP contribution < -0.4 is 21.7 Å². The summed E-state index contributed by atoms with van der Waals surface area (Å²) < 4.78 is 0. The molecule has 1 saturated carbocycles. The second kappa shape index (κ2) is 15.4. The number of Topliss-reactive ketones (excluding diaryl/α,β-unsaturated/α-hetero) is 1. The van der Waals surface area contributed by atoms with Crippen molar-refractivity contribution in [2.75, 3.05) is 12.3 Å². The number of amides is 5. The fourth-order valence-electron chi connectivity index (χ4n) is 6.34. The van der Waals surface area contributed by atoms with E-state index < -0.39 is 47.2 Å². The molecule has 47 heavy (non-hydrogen) atoms. The summed E-state index contributed by atoms with van der Waals surface area (Å²) in [5.74, 6) is -2.07. The average Bonchev–Trinajstić information content (AvgIpc) is 3.40. The van der Waals surface area contributed by atoms with Gasteiger partial charge in [-0.1, -0.05) is 99.8 Å². The summed E-state index contributed by atoms with van der Waals surface area (Å²) >= 11 is 1.66. The van der Waals surface area contributed by atoms with Crippen LogP contribution in [0.1, 0.15) is 94.4 Å². The summed E-state index contributed by atoms with van der Waals surface area (Å²) in [6.45, 7) is 18.3. The molecule has 11 heteroatoms. The van der Waals surface area contributed by atoms with Crippen LogP contribution in [0, 0.1) is 28.1 Å². The van der Waals surface area contributed by atoms with Gasteiger partial charge < -0.3 is 26.6 Å². The second-order valence-electron chi connectivity index (χ2n) is 16.5. The van der Waals surface area contributed by atoms with E-state index in [1.165, 1.54) is 0 Å². The fraction of sp³-hybridized carbons (Fsp3) is 0.694. The predicted molar refractivity (Wildman–Crippen MR) is 186 cm³/mol. The van der Waals surface area contributed by atoms with Gasteiger partial charge in [-0.2, -0.15) is 0 Å². The molecule has 2 aliphatic rings. The molecular weight excluding hydrogens is 614 g/mol. The number of carbonyl (C=O) groups excluding carboxylic acids is 5. The Balaban J connectivity index is 1.83. The summed E-state index contributed by atoms with van der Waals surface area (Å²) in [7, 11) is 0. The summed E-state index contributed by atoms with van der Waals surface area (Å²) in [6.07, 6.45) is 3.83. The number of primary amides is 1. The molecule has 0 spiro atoms. The number of urea groups is 1. The van der Waals surface area contributed by atoms with Gasteiger partial charge in [0.15, 0.2) is 0 Å². The molecule has 1 aliphatic heterocycles. The van der Waals surface area contributed by atoms with Gasteiger partial charge in [-0.05, 0) is 53.1 Å². The number of benzene rings is 1. The van der Waals surface area contributed by atoms with Crippen LogP contribution in [0.3, 0.4) is 0 Å². The molecule has 2 fully saturated rings. The molecule has 262 valence electrons. The number of nitrogens with two attached hydrogens (primary N) is 1. The smallest absolute Gasteiger partial charge is 0.315 e. The molecule has 1 aromatic carbocycles. The van der Waals surface area contributed by atoms with Gasteiger partial charge in [0.2, 0.25) is 17.6 Å². The van der Waals surface area contributed by atoms with Crippen molar-refractivity contribution in [1.82, 2.24) is 20.9 Å². The topological polar surface area (TPSA) is 151 Å². The Labute approximate surface area is 285 Å². The molecule has 5 N–H and O–H groups in total. The summed E-state index contributed by atoms with van der Waals surface area (Å²) in [5.41, 5.74) is 4.09. The highest BCUT2D eigenvalue weighted by molar-refractivity contribution is 7.99. The summed E-state index contributed by atoms with van der Waals surface area (Å²) in [4.78, 5) is 69.4. The van der Waals surface area contributed by atoms with Crippen LogP contribution in [0.25, 0.3) is 0 Å². The Kier molecular flexibility index (Phi) is 12.6. The minimum absolute atomic E-state index is 0.200. The van der Waals surface area contributed by atoms with Crippen molar-refractivity contribution >= 4 is 41.3 Å². The molecule has 5 amide bonds. The van der Waals surface area contributed by atoms with E-state index >= 15 is 0 Å². The van der Waals surface area contributed by atoms with Crippen molar-refractivity contribution in [3.63, 3.8) is 0 Å². The molecule has 1 aliphatic carbocycles. The fourth-order valence-corrected chi connectivity index (χ4v) is 7.63. The van der Waals surface area contributed by atoms with E-state index in [4.69, 9.17) is 5.73 Å². The number of thioether (sulfide) groups is 1. The largest absolute Gasteiger partial charge is 0.363 e. The van der Waals surface area contributed by atoms with E-state index in [9.17, 15) is 24.0 Å². The van der Waals surface area contributed by atoms with Gasteiger partial charge in [0.1, 0.15) is 12.1 Å². The van der Waals surface area contributed by atoms with E-state index in [0.717, 1.165) is 24.2 Å². The lowest BCUT2D eigenvalue weighted by molar-refractivity contribution is -0.145. The van der Waals surface area contributed by atoms with Crippen LogP contribution in [0.2, 0.25) is 0 Å². The van der Waals surface area contributed by atoms with Crippen molar-refractivity contribution in [2.45, 2.75) is 123 Å². The first-order valence-electron chi connectivity index (χ1n) is 16.9. The third kappa shape index (κ3) is 10.5. The number of hydrogen-bond acceptors (Lipinski definition) is 6. The highest BCUT2D eigenvalue weighted by Gasteiger charge is 2.50. The first-order valence-corrected chi connectivity index (χ1v) is 17.9. The predicted octanol–water partition coefficient (Wildman–Crippen LogP) is 4.90. The third-order valence-corrected chi connectivity index (χ3v) is 10.7. The van der Waals surface area contributed by atoms with Gasteiger partial charge in [-0.3, -0.25) is 19.2 Å². The van der Waals surface area contributed by atoms with Crippen molar-refractivity contribution < 1.29 is 24.0 Å². The van der Waals surface area contributed by atoms with Gasteiger partial charge in [0, 0.05) is 23.2 Å². The Morgan fingerprint density at radius 2 is 1.49 bits per heavy atom. The normalized spacial score (nSPS) is 20.8. The van der Waals surface area contributed by atoms with Gasteiger partial charge >= 0.3 is 6.03 Å². The monoisotopic (exact) mass is 671 g/mol. The first-order chi connectivity index (χ1) is 21.7. The molecular formula is C36H57N5O5S. The number of nitrogens with one attached hydrogen (secondary N) is 3. The number of likely N-dealkylation sites (tertiary alicyclic amines) is 1. The van der Waals surface area contributed by atoms with Gasteiger partial charge in [0.05, 0.1) is 6.04 Å². The SMILES string of the molecule is CC(C)(C)C(CSc1ccccc1)NC(=O)N[C@H](C(=O)N1CCC(C(C)(C)C)[C@H]1C(=O)NC(CC1CCC1)C(=O)C(N)=O)C(C)(C)C. The van der Waals surface area contributed by atoms with Gasteiger partial charge in [-0.15, -0.1) is 11.8 Å². The molecule has 1 saturated heterocycles. The van der Waals surface area contributed by atoms with Crippen LogP contribution in [0.4, 0.5) is 4.79 Å². The van der Waals surface area contributed by atoms with Crippen molar-refractivity contribution in [3.05, 3.63) is 30.3 Å². The molecule has 1 heterocycles. The number of rotatable bonds is 12. The van der Waals surface area contributed by atoms with E-state index in [0.29, 0.717) is 25.1 Å². The molecule has 0 bridgehead atoms. The molecule has 10 nitrogen and oxygen atoms in total. The standard InChI is InChI=1S/C36H57N5O5S/c1-34(2,3)24-18-19-41(27(24)31(44)38-25(28(42)30(37)43)20-22-14-13-15-22)32(45)29(36(7,8)9)40-33(46)39-26(35(4,5)6)21-47-23-16-11-10-12-17-23/h10-12,16-17,22,24-27,29H,13-15,18-21H2,1-9H3,(H2,37,43)(H,38,44)(H2,39,40,46)/t24?,25?,26?,27-,29+/m0/s1. The van der Waals surface area contributed by atoms with Crippen molar-refractivity contribution in [1.29, 1.82) is 0 Å². The molecule has 3 rings (SSSR count). The Bertz CT molecular complexity index is 1280. The molecule has 1 aromatic rings. The number of hydrogen-bond donors (Lipinski definition) is 4. The minimum atomic E-state index is -1.08. The number of ketones is 1. The summed E-state index contributed by atoms with van der Waals surface area (Å²) in [6, 6.07) is 6.49. The lowest BCUT2D eigenvalue weighted by Gasteiger charge is -2.39. The highest BCUT2D eigenvalue weighted by Crippen LogP contribution is 2.40. The van der Waals surface area contributed by atoms with Crippen LogP contribution in [0.15, 0.2) is 35.2 Å². The Morgan fingerprint density at radius 3 is 1.98 bits per heavy atom. The van der Waals surface area contributed by atoms with Crippen LogP contribution >= 0.6 is 11.8 Å². The summed E-state index contributed by atoms with van der Waals surface area (Å²) in [5, 5.41) is 8.91. The average molecular weight is 672 g/mol. The minimum Gasteiger partial charge on any atom is -0.363 e. The van der Waals surface area contributed by atoms with E-state index in [1.807, 2.05) is 71.9 Å². The van der Waals surface area contributed by atoms with Gasteiger partial charge in [0.25, 0.3) is 5.91 Å². The van der Waals surface area contributed by atoms with Crippen LogP contribution in [-0.2, 0) is 19.2 Å². The number of nitrogens with zero attached hydrogens (tertiary/aromatic N) is 1. The van der Waals surface area contributed by atoms with E-state index in [-0.39, 0.29) is 34.6 Å². The quantitative estimate of drug-likeness (QED) is 0.183. The maximum Gasteiger partial charge on any atom is 0.315 e. The van der Waals surface area contributed by atoms with Crippen molar-refractivity contribution in [2.24, 2.45) is 33.8 Å².